The van der Waals surface area contributed by atoms with Crippen LogP contribution in [0.1, 0.15) is 42.5 Å². The van der Waals surface area contributed by atoms with E-state index >= 15 is 0 Å². The van der Waals surface area contributed by atoms with Gasteiger partial charge in [-0.15, -0.1) is 0 Å². The molecule has 4 aliphatic carbocycles. The summed E-state index contributed by atoms with van der Waals surface area (Å²) >= 11 is 5.72. The summed E-state index contributed by atoms with van der Waals surface area (Å²) < 4.78 is 2.00. The lowest BCUT2D eigenvalue weighted by molar-refractivity contribution is -0.0119. The number of benzene rings is 1. The van der Waals surface area contributed by atoms with Crippen molar-refractivity contribution in [2.75, 3.05) is 0 Å². The fraction of sp³-hybridized carbons (Fsp3) is 0.588. The molecule has 4 aliphatic rings. The highest BCUT2D eigenvalue weighted by atomic mass is 127. The number of halogens is 2. The molecule has 4 heteroatoms. The molecule has 2 nitrogen and oxygen atoms in total. The Hall–Kier alpha value is -0.100. The highest BCUT2D eigenvalue weighted by molar-refractivity contribution is 14.1. The molecule has 1 N–H and O–H groups in total. The Bertz CT molecular complexity index is 560. The maximum absolute atomic E-state index is 12.7. The molecule has 0 atom stereocenters. The van der Waals surface area contributed by atoms with E-state index in [9.17, 15) is 4.79 Å². The summed E-state index contributed by atoms with van der Waals surface area (Å²) in [7, 11) is 0. The van der Waals surface area contributed by atoms with Crippen molar-refractivity contribution in [2.45, 2.75) is 38.1 Å². The lowest BCUT2D eigenvalue weighted by atomic mass is 9.54. The Balaban J connectivity index is 1.53. The minimum atomic E-state index is 0.109. The lowest BCUT2D eigenvalue weighted by Crippen LogP contribution is -2.55. The van der Waals surface area contributed by atoms with Gasteiger partial charge in [-0.1, -0.05) is 15.9 Å². The van der Waals surface area contributed by atoms with Gasteiger partial charge in [0.1, 0.15) is 0 Å². The van der Waals surface area contributed by atoms with Crippen molar-refractivity contribution in [2.24, 2.45) is 23.7 Å². The minimum Gasteiger partial charge on any atom is -0.349 e. The molecule has 0 spiro atoms. The van der Waals surface area contributed by atoms with Crippen LogP contribution in [-0.4, -0.2) is 11.9 Å². The highest BCUT2D eigenvalue weighted by Gasteiger charge is 2.48. The van der Waals surface area contributed by atoms with E-state index in [0.717, 1.165) is 37.3 Å². The van der Waals surface area contributed by atoms with Crippen LogP contribution in [0.3, 0.4) is 0 Å². The lowest BCUT2D eigenvalue weighted by Gasteiger charge is -2.54. The van der Waals surface area contributed by atoms with Gasteiger partial charge in [0, 0.05) is 14.1 Å². The van der Waals surface area contributed by atoms with E-state index in [2.05, 4.69) is 43.8 Å². The first-order chi connectivity index (χ1) is 10.1. The Labute approximate surface area is 147 Å². The van der Waals surface area contributed by atoms with Crippen LogP contribution in [-0.2, 0) is 0 Å². The van der Waals surface area contributed by atoms with Crippen molar-refractivity contribution >= 4 is 44.4 Å². The molecule has 0 aliphatic heterocycles. The van der Waals surface area contributed by atoms with Crippen molar-refractivity contribution < 1.29 is 4.79 Å². The fourth-order valence-corrected chi connectivity index (χ4v) is 6.00. The summed E-state index contributed by atoms with van der Waals surface area (Å²) in [5.74, 6) is 3.47. The van der Waals surface area contributed by atoms with Gasteiger partial charge < -0.3 is 5.32 Å². The molecule has 0 aromatic heterocycles. The topological polar surface area (TPSA) is 29.1 Å². The SMILES string of the molecule is O=C(NC1C2CC3CC(C2)CC1C3)c1cc(Br)ccc1I. The number of hydrogen-bond acceptors (Lipinski definition) is 1. The summed E-state index contributed by atoms with van der Waals surface area (Å²) in [6, 6.07) is 6.34. The molecule has 5 rings (SSSR count). The zero-order valence-corrected chi connectivity index (χ0v) is 15.6. The van der Waals surface area contributed by atoms with E-state index in [1.165, 1.54) is 32.1 Å². The molecule has 1 aromatic carbocycles. The van der Waals surface area contributed by atoms with E-state index in [1.807, 2.05) is 18.2 Å². The van der Waals surface area contributed by atoms with Gasteiger partial charge in [0.2, 0.25) is 0 Å². The number of nitrogens with one attached hydrogen (secondary N) is 1. The summed E-state index contributed by atoms with van der Waals surface area (Å²) in [5, 5.41) is 3.38. The molecule has 4 bridgehead atoms. The van der Waals surface area contributed by atoms with Gasteiger partial charge in [0.15, 0.2) is 0 Å². The van der Waals surface area contributed by atoms with Crippen LogP contribution >= 0.6 is 38.5 Å². The number of hydrogen-bond donors (Lipinski definition) is 1. The standard InChI is InChI=1S/C17H19BrINO/c18-13-1-2-15(19)14(8-13)17(21)20-16-11-4-9-3-10(6-11)7-12(16)5-9/h1-2,8-12,16H,3-7H2,(H,20,21). The van der Waals surface area contributed by atoms with Crippen LogP contribution in [0, 0.1) is 27.2 Å². The fourth-order valence-electron chi connectivity index (χ4n) is 5.06. The molecular weight excluding hydrogens is 441 g/mol. The maximum atomic E-state index is 12.7. The van der Waals surface area contributed by atoms with E-state index in [1.54, 1.807) is 0 Å². The van der Waals surface area contributed by atoms with Gasteiger partial charge >= 0.3 is 0 Å². The third-order valence-corrected chi connectivity index (χ3v) is 7.13. The smallest absolute Gasteiger partial charge is 0.252 e. The number of amides is 1. The van der Waals surface area contributed by atoms with Gasteiger partial charge in [-0.05, 0) is 96.6 Å². The third-order valence-electron chi connectivity index (χ3n) is 5.70. The normalized spacial score (nSPS) is 36.8. The predicted octanol–water partition coefficient (Wildman–Crippen LogP) is 4.61. The van der Waals surface area contributed by atoms with Crippen molar-refractivity contribution in [3.63, 3.8) is 0 Å². The molecule has 112 valence electrons. The Morgan fingerprint density at radius 1 is 1.10 bits per heavy atom. The van der Waals surface area contributed by atoms with Crippen LogP contribution in [0.4, 0.5) is 0 Å². The second-order valence-corrected chi connectivity index (χ2v) is 9.13. The predicted molar refractivity (Wildman–Crippen MR) is 95.2 cm³/mol. The van der Waals surface area contributed by atoms with E-state index in [-0.39, 0.29) is 5.91 Å². The Morgan fingerprint density at radius 2 is 1.71 bits per heavy atom. The van der Waals surface area contributed by atoms with Crippen molar-refractivity contribution in [1.82, 2.24) is 5.32 Å². The first-order valence-corrected chi connectivity index (χ1v) is 9.73. The van der Waals surface area contributed by atoms with Crippen molar-refractivity contribution in [3.05, 3.63) is 31.8 Å². The molecule has 4 fully saturated rings. The third kappa shape index (κ3) is 2.67. The molecule has 0 saturated heterocycles. The zero-order chi connectivity index (χ0) is 14.6. The van der Waals surface area contributed by atoms with Gasteiger partial charge in [0.25, 0.3) is 5.91 Å². The average molecular weight is 460 g/mol. The molecule has 1 amide bonds. The monoisotopic (exact) mass is 459 g/mol. The number of carbonyl (C=O) groups excluding carboxylic acids is 1. The quantitative estimate of drug-likeness (QED) is 0.643. The summed E-state index contributed by atoms with van der Waals surface area (Å²) in [6.07, 6.45) is 6.82. The molecule has 21 heavy (non-hydrogen) atoms. The average Bonchev–Trinajstić information content (AvgIpc) is 2.44. The number of carbonyl (C=O) groups is 1. The number of rotatable bonds is 2. The van der Waals surface area contributed by atoms with Crippen LogP contribution in [0.2, 0.25) is 0 Å². The minimum absolute atomic E-state index is 0.109. The molecule has 1 aromatic rings. The highest BCUT2D eigenvalue weighted by Crippen LogP contribution is 2.53. The molecular formula is C17H19BrINO. The molecule has 0 radical (unpaired) electrons. The van der Waals surface area contributed by atoms with Crippen LogP contribution in [0.25, 0.3) is 0 Å². The van der Waals surface area contributed by atoms with Crippen LogP contribution < -0.4 is 5.32 Å². The van der Waals surface area contributed by atoms with E-state index < -0.39 is 0 Å². The molecule has 4 saturated carbocycles. The summed E-state index contributed by atoms with van der Waals surface area (Å²) in [5.41, 5.74) is 0.804. The van der Waals surface area contributed by atoms with Crippen LogP contribution in [0.5, 0.6) is 0 Å². The largest absolute Gasteiger partial charge is 0.349 e. The van der Waals surface area contributed by atoms with Gasteiger partial charge in [-0.2, -0.15) is 0 Å². The Morgan fingerprint density at radius 3 is 2.33 bits per heavy atom. The van der Waals surface area contributed by atoms with Crippen molar-refractivity contribution in [3.8, 4) is 0 Å². The van der Waals surface area contributed by atoms with E-state index in [4.69, 9.17) is 0 Å². The molecule has 0 heterocycles. The summed E-state index contributed by atoms with van der Waals surface area (Å²) in [6.45, 7) is 0. The van der Waals surface area contributed by atoms with Crippen molar-refractivity contribution in [1.29, 1.82) is 0 Å². The first kappa shape index (κ1) is 14.5. The second-order valence-electron chi connectivity index (χ2n) is 7.05. The second kappa shape index (κ2) is 5.52. The van der Waals surface area contributed by atoms with Gasteiger partial charge in [-0.25, -0.2) is 0 Å². The van der Waals surface area contributed by atoms with Gasteiger partial charge in [0.05, 0.1) is 5.56 Å². The first-order valence-electron chi connectivity index (χ1n) is 7.86. The van der Waals surface area contributed by atoms with Gasteiger partial charge in [-0.3, -0.25) is 4.79 Å². The Kier molecular flexibility index (Phi) is 3.81. The summed E-state index contributed by atoms with van der Waals surface area (Å²) in [4.78, 5) is 12.7. The maximum Gasteiger partial charge on any atom is 0.252 e. The zero-order valence-electron chi connectivity index (χ0n) is 11.8. The van der Waals surface area contributed by atoms with E-state index in [0.29, 0.717) is 6.04 Å². The van der Waals surface area contributed by atoms with Crippen LogP contribution in [0.15, 0.2) is 22.7 Å². The molecule has 0 unspecified atom stereocenters.